The van der Waals surface area contributed by atoms with Gasteiger partial charge in [0.15, 0.2) is 0 Å². The molecule has 12 heteroatoms. The normalized spacial score (nSPS) is 13.3. The molecular formula is C37H66N6O6. The smallest absolute Gasteiger partial charge is 0.243 e. The molecule has 0 aliphatic rings. The van der Waals surface area contributed by atoms with E-state index in [1.807, 2.05) is 34.9 Å². The van der Waals surface area contributed by atoms with E-state index in [-0.39, 0.29) is 18.7 Å². The molecule has 6 N–H and O–H groups in total. The average molecular weight is 691 g/mol. The Kier molecular flexibility index (Phi) is 28.7. The molecular weight excluding hydrogens is 624 g/mol. The Balaban J connectivity index is 6.09. The van der Waals surface area contributed by atoms with Crippen molar-refractivity contribution in [3.63, 3.8) is 0 Å². The van der Waals surface area contributed by atoms with Crippen LogP contribution in [-0.4, -0.2) is 87.6 Å². The fourth-order valence-corrected chi connectivity index (χ4v) is 5.36. The summed E-state index contributed by atoms with van der Waals surface area (Å²) in [5, 5.41) is 17.7. The highest BCUT2D eigenvalue weighted by molar-refractivity contribution is 5.94. The first-order valence-electron chi connectivity index (χ1n) is 18.6. The second kappa shape index (κ2) is 30.7. The molecule has 0 aliphatic heterocycles. The van der Waals surface area contributed by atoms with Gasteiger partial charge in [0.05, 0.1) is 5.92 Å². The standard InChI is InChI=1S/C37H66N6O6/c1-6-9-12-20-31(35(47)40-30(23-27-44)24-28-45)42-37(49)33(21-13-10-7-2)43-36(48)32(22-15-17-26-39-5)41-34(46)29(18-11-8-3)19-14-16-25-38-4/h27-33,38-39H,6-10,12-17,19-26H2,1-5H3,(H,40,47)(H,41,46)(H,42,49)(H,43,48). The summed E-state index contributed by atoms with van der Waals surface area (Å²) in [4.78, 5) is 76.6. The molecule has 0 radical (unpaired) electrons. The third kappa shape index (κ3) is 22.1. The van der Waals surface area contributed by atoms with Crippen molar-refractivity contribution in [1.82, 2.24) is 31.9 Å². The molecule has 0 rings (SSSR count). The Morgan fingerprint density at radius 3 is 1.37 bits per heavy atom. The number of carbonyl (C=O) groups is 6. The first kappa shape index (κ1) is 45.7. The van der Waals surface area contributed by atoms with Crippen molar-refractivity contribution in [3.8, 4) is 11.8 Å². The van der Waals surface area contributed by atoms with Gasteiger partial charge in [0.1, 0.15) is 30.7 Å². The molecule has 0 spiro atoms. The molecule has 0 bridgehead atoms. The van der Waals surface area contributed by atoms with Crippen LogP contribution in [0.4, 0.5) is 0 Å². The maximum Gasteiger partial charge on any atom is 0.243 e. The summed E-state index contributed by atoms with van der Waals surface area (Å²) in [7, 11) is 3.74. The Morgan fingerprint density at radius 2 is 0.959 bits per heavy atom. The van der Waals surface area contributed by atoms with Gasteiger partial charge in [-0.05, 0) is 72.1 Å². The Hall–Kier alpha value is -3.30. The van der Waals surface area contributed by atoms with Crippen molar-refractivity contribution < 1.29 is 28.8 Å². The summed E-state index contributed by atoms with van der Waals surface area (Å²) in [6.45, 7) is 7.62. The minimum Gasteiger partial charge on any atom is -0.351 e. The zero-order valence-corrected chi connectivity index (χ0v) is 30.9. The molecule has 0 aromatic carbocycles. The molecule has 4 amide bonds. The fraction of sp³-hybridized carbons (Fsp3) is 0.784. The van der Waals surface area contributed by atoms with Crippen molar-refractivity contribution in [2.75, 3.05) is 27.2 Å². The molecule has 12 nitrogen and oxygen atoms in total. The zero-order valence-electron chi connectivity index (χ0n) is 30.9. The third-order valence-electron chi connectivity index (χ3n) is 8.31. The molecule has 0 saturated carbocycles. The number of unbranched alkanes of at least 4 members (excludes halogenated alkanes) is 6. The van der Waals surface area contributed by atoms with E-state index < -0.39 is 47.8 Å². The van der Waals surface area contributed by atoms with Gasteiger partial charge in [-0.1, -0.05) is 71.6 Å². The number of amides is 4. The first-order chi connectivity index (χ1) is 23.7. The Bertz CT molecular complexity index is 1000. The first-order valence-corrected chi connectivity index (χ1v) is 18.6. The monoisotopic (exact) mass is 691 g/mol. The van der Waals surface area contributed by atoms with Crippen LogP contribution < -0.4 is 31.9 Å². The van der Waals surface area contributed by atoms with Crippen molar-refractivity contribution in [2.45, 2.75) is 154 Å². The summed E-state index contributed by atoms with van der Waals surface area (Å²) < 4.78 is 0. The van der Waals surface area contributed by atoms with Gasteiger partial charge < -0.3 is 41.5 Å². The molecule has 280 valence electrons. The van der Waals surface area contributed by atoms with E-state index in [0.29, 0.717) is 63.9 Å². The lowest BCUT2D eigenvalue weighted by atomic mass is 9.99. The highest BCUT2D eigenvalue weighted by Gasteiger charge is 2.31. The van der Waals surface area contributed by atoms with Gasteiger partial charge in [-0.3, -0.25) is 19.2 Å². The highest BCUT2D eigenvalue weighted by Crippen LogP contribution is 2.12. The largest absolute Gasteiger partial charge is 0.351 e. The van der Waals surface area contributed by atoms with Crippen molar-refractivity contribution in [2.24, 2.45) is 5.92 Å². The number of aldehydes is 2. The van der Waals surface area contributed by atoms with Crippen LogP contribution in [0.1, 0.15) is 130 Å². The van der Waals surface area contributed by atoms with Gasteiger partial charge in [-0.15, -0.1) is 5.92 Å². The van der Waals surface area contributed by atoms with E-state index in [4.69, 9.17) is 0 Å². The highest BCUT2D eigenvalue weighted by atomic mass is 16.2. The number of carbonyl (C=O) groups excluding carboxylic acids is 6. The van der Waals surface area contributed by atoms with Crippen LogP contribution >= 0.6 is 0 Å². The van der Waals surface area contributed by atoms with Crippen LogP contribution in [0.3, 0.4) is 0 Å². The van der Waals surface area contributed by atoms with E-state index in [2.05, 4.69) is 43.7 Å². The van der Waals surface area contributed by atoms with Gasteiger partial charge in [-0.2, -0.15) is 0 Å². The molecule has 0 fully saturated rings. The van der Waals surface area contributed by atoms with Crippen molar-refractivity contribution >= 4 is 36.2 Å². The van der Waals surface area contributed by atoms with E-state index >= 15 is 0 Å². The molecule has 4 unspecified atom stereocenters. The molecule has 0 aromatic heterocycles. The summed E-state index contributed by atoms with van der Waals surface area (Å²) in [6, 6.07) is -3.33. The topological polar surface area (TPSA) is 175 Å². The predicted molar refractivity (Wildman–Crippen MR) is 194 cm³/mol. The average Bonchev–Trinajstić information content (AvgIpc) is 3.08. The molecule has 0 aliphatic carbocycles. The van der Waals surface area contributed by atoms with Crippen LogP contribution in [0, 0.1) is 17.8 Å². The van der Waals surface area contributed by atoms with Crippen LogP contribution in [0.5, 0.6) is 0 Å². The van der Waals surface area contributed by atoms with Gasteiger partial charge >= 0.3 is 0 Å². The third-order valence-corrected chi connectivity index (χ3v) is 8.31. The van der Waals surface area contributed by atoms with Gasteiger partial charge in [0.25, 0.3) is 0 Å². The van der Waals surface area contributed by atoms with Crippen LogP contribution in [0.2, 0.25) is 0 Å². The SMILES string of the molecule is CCC#CC(CCCCNC)C(=O)NC(CCCCNC)C(=O)NC(CCCCC)C(=O)NC(CCCCC)C(=O)NC(CC=O)CC=O. The van der Waals surface area contributed by atoms with Crippen LogP contribution in [-0.2, 0) is 28.8 Å². The van der Waals surface area contributed by atoms with E-state index in [9.17, 15) is 28.8 Å². The molecule has 49 heavy (non-hydrogen) atoms. The maximum atomic E-state index is 13.8. The van der Waals surface area contributed by atoms with Gasteiger partial charge in [0.2, 0.25) is 23.6 Å². The number of hydrogen-bond donors (Lipinski definition) is 6. The second-order valence-corrected chi connectivity index (χ2v) is 12.6. The lowest BCUT2D eigenvalue weighted by molar-refractivity contribution is -0.134. The molecule has 4 atom stereocenters. The lowest BCUT2D eigenvalue weighted by Crippen LogP contribution is -2.57. The zero-order chi connectivity index (χ0) is 36.7. The number of rotatable bonds is 30. The van der Waals surface area contributed by atoms with Crippen LogP contribution in [0.15, 0.2) is 0 Å². The Labute approximate surface area is 295 Å². The van der Waals surface area contributed by atoms with E-state index in [1.165, 1.54) is 0 Å². The Morgan fingerprint density at radius 1 is 0.551 bits per heavy atom. The summed E-state index contributed by atoms with van der Waals surface area (Å²) in [6.07, 6.45) is 11.7. The number of hydrogen-bond acceptors (Lipinski definition) is 8. The maximum absolute atomic E-state index is 13.8. The summed E-state index contributed by atoms with van der Waals surface area (Å²) in [5.41, 5.74) is 0. The summed E-state index contributed by atoms with van der Waals surface area (Å²) >= 11 is 0. The second-order valence-electron chi connectivity index (χ2n) is 12.6. The lowest BCUT2D eigenvalue weighted by Gasteiger charge is -2.27. The van der Waals surface area contributed by atoms with Crippen LogP contribution in [0.25, 0.3) is 0 Å². The van der Waals surface area contributed by atoms with E-state index in [1.54, 1.807) is 0 Å². The van der Waals surface area contributed by atoms with E-state index in [0.717, 1.165) is 58.0 Å². The summed E-state index contributed by atoms with van der Waals surface area (Å²) in [5.74, 6) is 3.86. The number of nitrogens with one attached hydrogen (secondary N) is 6. The van der Waals surface area contributed by atoms with Gasteiger partial charge in [0, 0.05) is 25.3 Å². The van der Waals surface area contributed by atoms with Crippen molar-refractivity contribution in [3.05, 3.63) is 0 Å². The minimum absolute atomic E-state index is 0.0158. The van der Waals surface area contributed by atoms with Gasteiger partial charge in [-0.25, -0.2) is 0 Å². The molecule has 0 saturated heterocycles. The van der Waals surface area contributed by atoms with Crippen molar-refractivity contribution in [1.29, 1.82) is 0 Å². The molecule has 0 heterocycles. The molecule has 0 aromatic rings. The minimum atomic E-state index is -0.921. The predicted octanol–water partition coefficient (Wildman–Crippen LogP) is 3.07. The quantitative estimate of drug-likeness (QED) is 0.0379. The fourth-order valence-electron chi connectivity index (χ4n) is 5.36.